The summed E-state index contributed by atoms with van der Waals surface area (Å²) in [6, 6.07) is 7.75. The Kier molecular flexibility index (Phi) is 3.74. The molecule has 5 nitrogen and oxygen atoms in total. The quantitative estimate of drug-likeness (QED) is 0.852. The Morgan fingerprint density at radius 2 is 2.11 bits per heavy atom. The third kappa shape index (κ3) is 2.57. The minimum Gasteiger partial charge on any atom is -0.361 e. The van der Waals surface area contributed by atoms with E-state index in [9.17, 15) is 4.79 Å². The first kappa shape index (κ1) is 12.3. The molecular formula is C13H15N3O2. The van der Waals surface area contributed by atoms with E-state index in [0.29, 0.717) is 24.4 Å². The van der Waals surface area contributed by atoms with Crippen molar-refractivity contribution in [3.05, 3.63) is 52.9 Å². The Morgan fingerprint density at radius 3 is 2.72 bits per heavy atom. The van der Waals surface area contributed by atoms with Crippen LogP contribution >= 0.6 is 0 Å². The molecule has 0 unspecified atom stereocenters. The lowest BCUT2D eigenvalue weighted by Crippen LogP contribution is -2.23. The summed E-state index contributed by atoms with van der Waals surface area (Å²) in [6.45, 7) is 2.60. The molecule has 5 heteroatoms. The van der Waals surface area contributed by atoms with Gasteiger partial charge in [-0.3, -0.25) is 4.79 Å². The van der Waals surface area contributed by atoms with Crippen LogP contribution in [0.25, 0.3) is 0 Å². The number of hydrogen-bond acceptors (Lipinski definition) is 4. The van der Waals surface area contributed by atoms with Crippen molar-refractivity contribution in [1.29, 1.82) is 0 Å². The summed E-state index contributed by atoms with van der Waals surface area (Å²) in [4.78, 5) is 11.9. The van der Waals surface area contributed by atoms with Gasteiger partial charge in [0.15, 0.2) is 0 Å². The minimum absolute atomic E-state index is 0.194. The average Bonchev–Trinajstić information content (AvgIpc) is 2.82. The van der Waals surface area contributed by atoms with Crippen LogP contribution in [0.5, 0.6) is 0 Å². The summed E-state index contributed by atoms with van der Waals surface area (Å²) < 4.78 is 4.85. The molecule has 1 aromatic heterocycles. The predicted octanol–water partition coefficient (Wildman–Crippen LogP) is 1.37. The zero-order valence-corrected chi connectivity index (χ0v) is 10.1. The highest BCUT2D eigenvalue weighted by molar-refractivity contribution is 5.94. The highest BCUT2D eigenvalue weighted by Crippen LogP contribution is 2.09. The van der Waals surface area contributed by atoms with Gasteiger partial charge in [-0.1, -0.05) is 29.4 Å². The van der Waals surface area contributed by atoms with Gasteiger partial charge in [0.05, 0.1) is 6.20 Å². The molecule has 0 aliphatic carbocycles. The number of nitrogens with one attached hydrogen (secondary N) is 1. The van der Waals surface area contributed by atoms with Crippen molar-refractivity contribution in [2.24, 2.45) is 5.73 Å². The Morgan fingerprint density at radius 1 is 1.39 bits per heavy atom. The smallest absolute Gasteiger partial charge is 0.256 e. The van der Waals surface area contributed by atoms with Gasteiger partial charge < -0.3 is 15.6 Å². The zero-order valence-electron chi connectivity index (χ0n) is 10.1. The van der Waals surface area contributed by atoms with Crippen molar-refractivity contribution >= 4 is 5.91 Å². The van der Waals surface area contributed by atoms with Gasteiger partial charge >= 0.3 is 0 Å². The number of benzene rings is 1. The molecule has 0 fully saturated rings. The van der Waals surface area contributed by atoms with Crippen LogP contribution in [0.15, 0.2) is 35.0 Å². The van der Waals surface area contributed by atoms with E-state index in [1.54, 1.807) is 6.92 Å². The molecular weight excluding hydrogens is 230 g/mol. The van der Waals surface area contributed by atoms with Crippen LogP contribution in [0.2, 0.25) is 0 Å². The van der Waals surface area contributed by atoms with Gasteiger partial charge in [0.2, 0.25) is 0 Å². The number of carbonyl (C=O) groups is 1. The molecule has 0 radical (unpaired) electrons. The number of aromatic nitrogens is 1. The number of hydrogen-bond donors (Lipinski definition) is 2. The summed E-state index contributed by atoms with van der Waals surface area (Å²) >= 11 is 0. The van der Waals surface area contributed by atoms with E-state index in [4.69, 9.17) is 10.3 Å². The summed E-state index contributed by atoms with van der Waals surface area (Å²) in [5.41, 5.74) is 8.14. The van der Waals surface area contributed by atoms with Crippen molar-refractivity contribution in [2.45, 2.75) is 20.0 Å². The monoisotopic (exact) mass is 245 g/mol. The maximum atomic E-state index is 11.9. The Balaban J connectivity index is 2.04. The third-order valence-electron chi connectivity index (χ3n) is 2.77. The second-order valence-electron chi connectivity index (χ2n) is 3.95. The summed E-state index contributed by atoms with van der Waals surface area (Å²) in [5, 5.41) is 6.40. The van der Waals surface area contributed by atoms with E-state index < -0.39 is 0 Å². The van der Waals surface area contributed by atoms with Crippen molar-refractivity contribution in [1.82, 2.24) is 10.5 Å². The largest absolute Gasteiger partial charge is 0.361 e. The molecule has 0 saturated heterocycles. The lowest BCUT2D eigenvalue weighted by molar-refractivity contribution is 0.0949. The maximum Gasteiger partial charge on any atom is 0.256 e. The first-order valence-electron chi connectivity index (χ1n) is 5.68. The van der Waals surface area contributed by atoms with Gasteiger partial charge in [0.25, 0.3) is 5.91 Å². The Bertz CT molecular complexity index is 549. The van der Waals surface area contributed by atoms with Crippen LogP contribution in [0.4, 0.5) is 0 Å². The standard InChI is InChI=1S/C13H15N3O2/c1-9-12(8-16-18-9)13(17)15-7-11-5-3-2-4-10(11)6-14/h2-5,8H,6-7,14H2,1H3,(H,15,17). The normalized spacial score (nSPS) is 10.3. The first-order valence-corrected chi connectivity index (χ1v) is 5.68. The maximum absolute atomic E-state index is 11.9. The van der Waals surface area contributed by atoms with Crippen LogP contribution in [-0.2, 0) is 13.1 Å². The average molecular weight is 245 g/mol. The number of rotatable bonds is 4. The molecule has 0 atom stereocenters. The van der Waals surface area contributed by atoms with E-state index in [1.807, 2.05) is 24.3 Å². The molecule has 0 saturated carbocycles. The molecule has 0 bridgehead atoms. The fourth-order valence-electron chi connectivity index (χ4n) is 1.72. The summed E-state index contributed by atoms with van der Waals surface area (Å²) in [6.07, 6.45) is 1.42. The summed E-state index contributed by atoms with van der Waals surface area (Å²) in [5.74, 6) is 0.320. The third-order valence-corrected chi connectivity index (χ3v) is 2.77. The van der Waals surface area contributed by atoms with E-state index >= 15 is 0 Å². The van der Waals surface area contributed by atoms with Gasteiger partial charge in [-0.2, -0.15) is 0 Å². The van der Waals surface area contributed by atoms with E-state index in [2.05, 4.69) is 10.5 Å². The Hall–Kier alpha value is -2.14. The molecule has 1 heterocycles. The van der Waals surface area contributed by atoms with Gasteiger partial charge in [-0.05, 0) is 18.1 Å². The van der Waals surface area contributed by atoms with Crippen molar-refractivity contribution in [2.75, 3.05) is 0 Å². The molecule has 0 aliphatic rings. The van der Waals surface area contributed by atoms with Crippen molar-refractivity contribution in [3.8, 4) is 0 Å². The second-order valence-corrected chi connectivity index (χ2v) is 3.95. The molecule has 2 rings (SSSR count). The molecule has 3 N–H and O–H groups in total. The number of nitrogens with zero attached hydrogens (tertiary/aromatic N) is 1. The SMILES string of the molecule is Cc1oncc1C(=O)NCc1ccccc1CN. The van der Waals surface area contributed by atoms with Gasteiger partial charge in [0.1, 0.15) is 11.3 Å². The van der Waals surface area contributed by atoms with E-state index in [0.717, 1.165) is 11.1 Å². The van der Waals surface area contributed by atoms with Crippen LogP contribution in [-0.4, -0.2) is 11.1 Å². The van der Waals surface area contributed by atoms with Crippen LogP contribution in [0.3, 0.4) is 0 Å². The van der Waals surface area contributed by atoms with Gasteiger partial charge in [-0.15, -0.1) is 0 Å². The number of carbonyl (C=O) groups excluding carboxylic acids is 1. The lowest BCUT2D eigenvalue weighted by atomic mass is 10.1. The predicted molar refractivity (Wildman–Crippen MR) is 66.7 cm³/mol. The lowest BCUT2D eigenvalue weighted by Gasteiger charge is -2.08. The Labute approximate surface area is 105 Å². The van der Waals surface area contributed by atoms with Crippen molar-refractivity contribution < 1.29 is 9.32 Å². The molecule has 0 spiro atoms. The first-order chi connectivity index (χ1) is 8.72. The molecule has 0 aliphatic heterocycles. The fourth-order valence-corrected chi connectivity index (χ4v) is 1.72. The minimum atomic E-state index is -0.194. The van der Waals surface area contributed by atoms with E-state index in [1.165, 1.54) is 6.20 Å². The zero-order chi connectivity index (χ0) is 13.0. The number of amides is 1. The summed E-state index contributed by atoms with van der Waals surface area (Å²) in [7, 11) is 0. The second kappa shape index (κ2) is 5.46. The molecule has 94 valence electrons. The number of nitrogens with two attached hydrogens (primary N) is 1. The van der Waals surface area contributed by atoms with E-state index in [-0.39, 0.29) is 5.91 Å². The molecule has 1 amide bonds. The highest BCUT2D eigenvalue weighted by atomic mass is 16.5. The highest BCUT2D eigenvalue weighted by Gasteiger charge is 2.12. The topological polar surface area (TPSA) is 81.2 Å². The van der Waals surface area contributed by atoms with Gasteiger partial charge in [-0.25, -0.2) is 0 Å². The van der Waals surface area contributed by atoms with Gasteiger partial charge in [0, 0.05) is 13.1 Å². The van der Waals surface area contributed by atoms with Crippen LogP contribution in [0.1, 0.15) is 27.2 Å². The molecule has 2 aromatic rings. The van der Waals surface area contributed by atoms with Crippen LogP contribution in [0, 0.1) is 6.92 Å². The molecule has 18 heavy (non-hydrogen) atoms. The fraction of sp³-hybridized carbons (Fsp3) is 0.231. The number of aryl methyl sites for hydroxylation is 1. The molecule has 1 aromatic carbocycles. The van der Waals surface area contributed by atoms with Crippen molar-refractivity contribution in [3.63, 3.8) is 0 Å². The van der Waals surface area contributed by atoms with Crippen LogP contribution < -0.4 is 11.1 Å².